The lowest BCUT2D eigenvalue weighted by Gasteiger charge is -2.36. The lowest BCUT2D eigenvalue weighted by molar-refractivity contribution is -0.114. The van der Waals surface area contributed by atoms with Gasteiger partial charge in [-0.1, -0.05) is 82.7 Å². The first-order valence-electron chi connectivity index (χ1n) is 6.70. The van der Waals surface area contributed by atoms with Crippen molar-refractivity contribution in [3.8, 4) is 0 Å². The molecule has 0 amide bonds. The van der Waals surface area contributed by atoms with Crippen LogP contribution in [0.4, 0.5) is 0 Å². The number of hydrogen-bond acceptors (Lipinski definition) is 1. The zero-order valence-electron chi connectivity index (χ0n) is 11.0. The standard InChI is InChI=1S/C18H15BrO/c19-16-13-18(12-11-17(16)20,14-7-3-1-4-8-14)15-9-5-2-6-10-15/h1-12,16H,13H2/t16-/m1/s1. The third kappa shape index (κ3) is 2.25. The molecule has 0 bridgehead atoms. The monoisotopic (exact) mass is 326 g/mol. The summed E-state index contributed by atoms with van der Waals surface area (Å²) in [6, 6.07) is 20.8. The van der Waals surface area contributed by atoms with Crippen molar-refractivity contribution >= 4 is 21.7 Å². The Kier molecular flexibility index (Phi) is 3.58. The zero-order valence-corrected chi connectivity index (χ0v) is 12.6. The summed E-state index contributed by atoms with van der Waals surface area (Å²) >= 11 is 3.52. The third-order valence-electron chi connectivity index (χ3n) is 3.92. The molecule has 0 N–H and O–H groups in total. The Morgan fingerprint density at radius 1 is 0.900 bits per heavy atom. The van der Waals surface area contributed by atoms with Crippen LogP contribution in [0.2, 0.25) is 0 Å². The Labute approximate surface area is 127 Å². The lowest BCUT2D eigenvalue weighted by atomic mass is 9.68. The fraction of sp³-hybridized carbons (Fsp3) is 0.167. The molecule has 1 aliphatic carbocycles. The molecule has 20 heavy (non-hydrogen) atoms. The smallest absolute Gasteiger partial charge is 0.169 e. The van der Waals surface area contributed by atoms with Crippen LogP contribution in [0.3, 0.4) is 0 Å². The van der Waals surface area contributed by atoms with E-state index >= 15 is 0 Å². The van der Waals surface area contributed by atoms with Gasteiger partial charge in [0.25, 0.3) is 0 Å². The fourth-order valence-electron chi connectivity index (χ4n) is 2.85. The molecule has 2 heteroatoms. The molecule has 0 aliphatic heterocycles. The van der Waals surface area contributed by atoms with Crippen molar-refractivity contribution in [2.45, 2.75) is 16.7 Å². The largest absolute Gasteiger partial charge is 0.294 e. The van der Waals surface area contributed by atoms with Gasteiger partial charge < -0.3 is 0 Å². The van der Waals surface area contributed by atoms with E-state index < -0.39 is 0 Å². The van der Waals surface area contributed by atoms with Crippen LogP contribution in [0.15, 0.2) is 72.8 Å². The molecule has 1 nitrogen and oxygen atoms in total. The third-order valence-corrected chi connectivity index (χ3v) is 4.69. The van der Waals surface area contributed by atoms with Crippen molar-refractivity contribution in [2.24, 2.45) is 0 Å². The van der Waals surface area contributed by atoms with Crippen LogP contribution in [0.1, 0.15) is 17.5 Å². The number of ketones is 1. The summed E-state index contributed by atoms with van der Waals surface area (Å²) in [6.07, 6.45) is 4.51. The molecule has 0 spiro atoms. The number of rotatable bonds is 2. The highest BCUT2D eigenvalue weighted by molar-refractivity contribution is 9.10. The minimum atomic E-state index is -0.232. The summed E-state index contributed by atoms with van der Waals surface area (Å²) in [7, 11) is 0. The van der Waals surface area contributed by atoms with Gasteiger partial charge >= 0.3 is 0 Å². The van der Waals surface area contributed by atoms with Gasteiger partial charge in [-0.2, -0.15) is 0 Å². The number of allylic oxidation sites excluding steroid dienone is 2. The molecular formula is C18H15BrO. The van der Waals surface area contributed by atoms with Crippen molar-refractivity contribution in [2.75, 3.05) is 0 Å². The summed E-state index contributed by atoms with van der Waals surface area (Å²) in [4.78, 5) is 11.7. The highest BCUT2D eigenvalue weighted by Crippen LogP contribution is 2.42. The first kappa shape index (κ1) is 13.3. The predicted octanol–water partition coefficient (Wildman–Crippen LogP) is 4.27. The average Bonchev–Trinajstić information content (AvgIpc) is 2.52. The van der Waals surface area contributed by atoms with Crippen LogP contribution >= 0.6 is 15.9 Å². The first-order valence-corrected chi connectivity index (χ1v) is 7.62. The molecule has 0 heterocycles. The van der Waals surface area contributed by atoms with Crippen LogP contribution in [-0.2, 0) is 10.2 Å². The van der Waals surface area contributed by atoms with E-state index in [0.717, 1.165) is 6.42 Å². The maximum atomic E-state index is 11.8. The fourth-order valence-corrected chi connectivity index (χ4v) is 3.51. The molecule has 0 fully saturated rings. The van der Waals surface area contributed by atoms with Gasteiger partial charge in [0.1, 0.15) is 0 Å². The number of halogens is 1. The predicted molar refractivity (Wildman–Crippen MR) is 85.1 cm³/mol. The summed E-state index contributed by atoms with van der Waals surface area (Å²) in [5.74, 6) is 0.146. The number of hydrogen-bond donors (Lipinski definition) is 0. The topological polar surface area (TPSA) is 17.1 Å². The van der Waals surface area contributed by atoms with E-state index in [1.165, 1.54) is 11.1 Å². The van der Waals surface area contributed by atoms with E-state index in [0.29, 0.717) is 0 Å². The Morgan fingerprint density at radius 3 is 1.85 bits per heavy atom. The highest BCUT2D eigenvalue weighted by Gasteiger charge is 2.38. The van der Waals surface area contributed by atoms with Gasteiger partial charge in [0.2, 0.25) is 0 Å². The van der Waals surface area contributed by atoms with Crippen LogP contribution in [-0.4, -0.2) is 10.6 Å². The molecule has 2 aromatic carbocycles. The number of carbonyl (C=O) groups excluding carboxylic acids is 1. The molecule has 0 saturated heterocycles. The van der Waals surface area contributed by atoms with E-state index in [4.69, 9.17) is 0 Å². The Balaban J connectivity index is 2.19. The van der Waals surface area contributed by atoms with E-state index in [1.54, 1.807) is 6.08 Å². The summed E-state index contributed by atoms with van der Waals surface area (Å²) < 4.78 is 0. The van der Waals surface area contributed by atoms with Crippen LogP contribution < -0.4 is 0 Å². The molecule has 0 aromatic heterocycles. The van der Waals surface area contributed by atoms with Gasteiger partial charge in [-0.05, 0) is 23.6 Å². The van der Waals surface area contributed by atoms with Crippen molar-refractivity contribution in [1.82, 2.24) is 0 Å². The van der Waals surface area contributed by atoms with Crippen LogP contribution in [0.25, 0.3) is 0 Å². The first-order chi connectivity index (χ1) is 9.72. The molecule has 1 atom stereocenters. The molecule has 1 aliphatic rings. The van der Waals surface area contributed by atoms with E-state index in [1.807, 2.05) is 36.4 Å². The maximum Gasteiger partial charge on any atom is 0.169 e. The Morgan fingerprint density at radius 2 is 1.40 bits per heavy atom. The quantitative estimate of drug-likeness (QED) is 0.753. The average molecular weight is 327 g/mol. The second-order valence-corrected chi connectivity index (χ2v) is 6.22. The molecule has 100 valence electrons. The second kappa shape index (κ2) is 5.37. The van der Waals surface area contributed by atoms with Crippen molar-refractivity contribution in [3.63, 3.8) is 0 Å². The van der Waals surface area contributed by atoms with Gasteiger partial charge in [-0.3, -0.25) is 4.79 Å². The zero-order chi connectivity index (χ0) is 14.0. The van der Waals surface area contributed by atoms with Crippen LogP contribution in [0.5, 0.6) is 0 Å². The molecule has 0 radical (unpaired) electrons. The second-order valence-electron chi connectivity index (χ2n) is 5.11. The minimum absolute atomic E-state index is 0.132. The molecule has 3 rings (SSSR count). The van der Waals surface area contributed by atoms with Gasteiger partial charge in [0, 0.05) is 5.41 Å². The molecule has 0 saturated carbocycles. The Hall–Kier alpha value is -1.67. The summed E-state index contributed by atoms with van der Waals surface area (Å²) in [6.45, 7) is 0. The lowest BCUT2D eigenvalue weighted by Crippen LogP contribution is -2.35. The normalized spacial score (nSPS) is 20.9. The minimum Gasteiger partial charge on any atom is -0.294 e. The van der Waals surface area contributed by atoms with Crippen molar-refractivity contribution in [1.29, 1.82) is 0 Å². The molecule has 0 unspecified atom stereocenters. The summed E-state index contributed by atoms with van der Waals surface area (Å²) in [5.41, 5.74) is 2.21. The summed E-state index contributed by atoms with van der Waals surface area (Å²) in [5, 5.41) is 0. The van der Waals surface area contributed by atoms with Gasteiger partial charge in [0.15, 0.2) is 5.78 Å². The SMILES string of the molecule is O=C1C=CC(c2ccccc2)(c2ccccc2)C[C@H]1Br. The van der Waals surface area contributed by atoms with E-state index in [-0.39, 0.29) is 16.0 Å². The number of carbonyl (C=O) groups is 1. The van der Waals surface area contributed by atoms with Crippen LogP contribution in [0, 0.1) is 0 Å². The van der Waals surface area contributed by atoms with Gasteiger partial charge in [0.05, 0.1) is 4.83 Å². The van der Waals surface area contributed by atoms with E-state index in [9.17, 15) is 4.79 Å². The highest BCUT2D eigenvalue weighted by atomic mass is 79.9. The number of alkyl halides is 1. The van der Waals surface area contributed by atoms with Gasteiger partial charge in [-0.25, -0.2) is 0 Å². The molecular weight excluding hydrogens is 312 g/mol. The Bertz CT molecular complexity index is 591. The maximum absolute atomic E-state index is 11.8. The number of benzene rings is 2. The van der Waals surface area contributed by atoms with Crippen molar-refractivity contribution in [3.05, 3.63) is 83.9 Å². The van der Waals surface area contributed by atoms with Crippen molar-refractivity contribution < 1.29 is 4.79 Å². The molecule has 2 aromatic rings. The van der Waals surface area contributed by atoms with Gasteiger partial charge in [-0.15, -0.1) is 0 Å². The van der Waals surface area contributed by atoms with E-state index in [2.05, 4.69) is 46.3 Å².